The van der Waals surface area contributed by atoms with E-state index in [1.54, 1.807) is 13.2 Å². The Kier molecular flexibility index (Phi) is 6.63. The number of nitrogens with zero attached hydrogens (tertiary/aromatic N) is 2. The molecule has 3 aromatic rings. The Labute approximate surface area is 218 Å². The van der Waals surface area contributed by atoms with Crippen LogP contribution in [0.1, 0.15) is 84.1 Å². The maximum atomic E-state index is 12.1. The third-order valence-corrected chi connectivity index (χ3v) is 8.44. The van der Waals surface area contributed by atoms with Crippen LogP contribution in [-0.4, -0.2) is 41.2 Å². The number of carboxylic acids is 1. The molecule has 1 aliphatic carbocycles. The summed E-state index contributed by atoms with van der Waals surface area (Å²) in [6, 6.07) is 10.3. The summed E-state index contributed by atoms with van der Waals surface area (Å²) in [4.78, 5) is 18.0. The number of carbonyl (C=O) groups is 1. The fourth-order valence-electron chi connectivity index (χ4n) is 6.15. The second kappa shape index (κ2) is 9.75. The van der Waals surface area contributed by atoms with Gasteiger partial charge in [0.15, 0.2) is 0 Å². The Balaban J connectivity index is 1.62. The normalized spacial score (nSPS) is 18.8. The van der Waals surface area contributed by atoms with Crippen LogP contribution in [-0.2, 0) is 6.54 Å². The number of hydrogen-bond acceptors (Lipinski definition) is 5. The van der Waals surface area contributed by atoms with Crippen molar-refractivity contribution in [2.24, 2.45) is 5.41 Å². The number of methoxy groups -OCH3 is 1. The minimum absolute atomic E-state index is 0.0680. The minimum atomic E-state index is -0.936. The number of H-pyrrole nitrogens is 1. The number of hydrogen-bond donors (Lipinski definition) is 3. The molecule has 1 saturated carbocycles. The van der Waals surface area contributed by atoms with Crippen molar-refractivity contribution in [2.75, 3.05) is 25.5 Å². The van der Waals surface area contributed by atoms with E-state index in [4.69, 9.17) is 4.74 Å². The number of aromatic nitrogens is 1. The zero-order valence-corrected chi connectivity index (χ0v) is 22.1. The molecule has 1 atom stereocenters. The number of rotatable bonds is 8. The third-order valence-electron chi connectivity index (χ3n) is 8.44. The molecule has 2 heterocycles. The van der Waals surface area contributed by atoms with Crippen LogP contribution in [0.15, 0.2) is 30.5 Å². The molecule has 0 amide bonds. The topological polar surface area (TPSA) is 101 Å². The fraction of sp³-hybridized carbons (Fsp3) is 0.467. The van der Waals surface area contributed by atoms with E-state index in [9.17, 15) is 15.2 Å². The summed E-state index contributed by atoms with van der Waals surface area (Å²) in [5.74, 6) is 0.0223. The number of aromatic amines is 1. The highest BCUT2D eigenvalue weighted by atomic mass is 16.5. The lowest BCUT2D eigenvalue weighted by Crippen LogP contribution is -2.37. The quantitative estimate of drug-likeness (QED) is 0.311. The van der Waals surface area contributed by atoms with Crippen molar-refractivity contribution in [3.05, 3.63) is 58.3 Å². The average Bonchev–Trinajstić information content (AvgIpc) is 3.43. The van der Waals surface area contributed by atoms with E-state index in [0.717, 1.165) is 53.2 Å². The van der Waals surface area contributed by atoms with Gasteiger partial charge in [0.2, 0.25) is 0 Å². The Morgan fingerprint density at radius 3 is 2.76 bits per heavy atom. The molecule has 194 valence electrons. The smallest absolute Gasteiger partial charge is 0.336 e. The molecule has 7 nitrogen and oxygen atoms in total. The predicted octanol–water partition coefficient (Wildman–Crippen LogP) is 6.36. The van der Waals surface area contributed by atoms with Gasteiger partial charge in [0.25, 0.3) is 0 Å². The van der Waals surface area contributed by atoms with Crippen molar-refractivity contribution in [3.8, 4) is 11.8 Å². The molecule has 0 unspecified atom stereocenters. The highest BCUT2D eigenvalue weighted by molar-refractivity contribution is 5.91. The number of nitrogens with one attached hydrogen (secondary N) is 2. The van der Waals surface area contributed by atoms with Gasteiger partial charge in [-0.05, 0) is 85.4 Å². The van der Waals surface area contributed by atoms with Crippen molar-refractivity contribution >= 4 is 22.6 Å². The van der Waals surface area contributed by atoms with Crippen molar-refractivity contribution in [3.63, 3.8) is 0 Å². The number of nitriles is 1. The number of fused-ring (bicyclic) bond motifs is 1. The van der Waals surface area contributed by atoms with Gasteiger partial charge < -0.3 is 20.1 Å². The van der Waals surface area contributed by atoms with Gasteiger partial charge in [-0.2, -0.15) is 5.26 Å². The SMILES string of the molecule is COc1cc(C)c2[nH]ccc2c1CN1CCC2(CC2)C[C@H]1c1cc(C(C)C)c(C(=O)O)cc1NCC#N. The maximum absolute atomic E-state index is 12.1. The summed E-state index contributed by atoms with van der Waals surface area (Å²) < 4.78 is 5.85. The molecular weight excluding hydrogens is 464 g/mol. The number of aryl methyl sites for hydroxylation is 1. The second-order valence-corrected chi connectivity index (χ2v) is 11.1. The first-order chi connectivity index (χ1) is 17.8. The molecular formula is C30H36N4O3. The second-order valence-electron chi connectivity index (χ2n) is 11.1. The number of likely N-dealkylation sites (tertiary alicyclic amines) is 1. The fourth-order valence-corrected chi connectivity index (χ4v) is 6.15. The van der Waals surface area contributed by atoms with Crippen LogP contribution in [0.5, 0.6) is 5.75 Å². The molecule has 2 aliphatic rings. The van der Waals surface area contributed by atoms with Crippen molar-refractivity contribution < 1.29 is 14.6 Å². The van der Waals surface area contributed by atoms with Crippen LogP contribution in [0.2, 0.25) is 0 Å². The minimum Gasteiger partial charge on any atom is -0.496 e. The van der Waals surface area contributed by atoms with Gasteiger partial charge in [0, 0.05) is 40.9 Å². The summed E-state index contributed by atoms with van der Waals surface area (Å²) in [7, 11) is 1.73. The summed E-state index contributed by atoms with van der Waals surface area (Å²) >= 11 is 0. The Morgan fingerprint density at radius 2 is 2.11 bits per heavy atom. The molecule has 1 spiro atoms. The molecule has 5 rings (SSSR count). The first-order valence-corrected chi connectivity index (χ1v) is 13.2. The van der Waals surface area contributed by atoms with E-state index >= 15 is 0 Å². The van der Waals surface area contributed by atoms with Crippen LogP contribution < -0.4 is 10.1 Å². The van der Waals surface area contributed by atoms with E-state index < -0.39 is 5.97 Å². The summed E-state index contributed by atoms with van der Waals surface area (Å²) in [6.07, 6.45) is 6.68. The number of carboxylic acid groups (broad SMARTS) is 1. The number of aromatic carboxylic acids is 1. The van der Waals surface area contributed by atoms with E-state index in [2.05, 4.69) is 46.4 Å². The van der Waals surface area contributed by atoms with Gasteiger partial charge in [-0.3, -0.25) is 4.90 Å². The van der Waals surface area contributed by atoms with Crippen LogP contribution >= 0.6 is 0 Å². The maximum Gasteiger partial charge on any atom is 0.336 e. The van der Waals surface area contributed by atoms with Gasteiger partial charge in [0.05, 0.1) is 18.7 Å². The van der Waals surface area contributed by atoms with Crippen molar-refractivity contribution in [2.45, 2.75) is 65.0 Å². The standard InChI is InChI=1S/C30H36N4O3/c1-18(2)21-14-23(25(32-11-9-31)15-22(21)29(35)36)26-16-30(6-7-30)8-12-34(26)17-24-20-5-10-33-28(20)19(3)13-27(24)37-4/h5,10,13-15,18,26,32-33H,6-8,11-12,16-17H2,1-4H3,(H,35,36)/t26-/m0/s1. The lowest BCUT2D eigenvalue weighted by atomic mass is 9.81. The first-order valence-electron chi connectivity index (χ1n) is 13.2. The van der Waals surface area contributed by atoms with Gasteiger partial charge in [-0.1, -0.05) is 19.9 Å². The molecule has 2 aromatic carbocycles. The molecule has 0 radical (unpaired) electrons. The molecule has 7 heteroatoms. The number of anilines is 1. The Hall–Kier alpha value is -3.50. The first kappa shape index (κ1) is 25.2. The third kappa shape index (κ3) is 4.67. The van der Waals surface area contributed by atoms with E-state index in [1.807, 2.05) is 20.0 Å². The molecule has 2 fully saturated rings. The highest BCUT2D eigenvalue weighted by Gasteiger charge is 2.49. The number of benzene rings is 2. The molecule has 3 N–H and O–H groups in total. The van der Waals surface area contributed by atoms with Crippen LogP contribution in [0.25, 0.3) is 10.9 Å². The van der Waals surface area contributed by atoms with E-state index in [-0.39, 0.29) is 18.5 Å². The van der Waals surface area contributed by atoms with Gasteiger partial charge in [0.1, 0.15) is 12.3 Å². The monoisotopic (exact) mass is 500 g/mol. The van der Waals surface area contributed by atoms with Crippen LogP contribution in [0.3, 0.4) is 0 Å². The van der Waals surface area contributed by atoms with Crippen molar-refractivity contribution in [1.29, 1.82) is 5.26 Å². The molecule has 1 aromatic heterocycles. The number of piperidine rings is 1. The zero-order valence-electron chi connectivity index (χ0n) is 22.1. The van der Waals surface area contributed by atoms with E-state index in [0.29, 0.717) is 11.0 Å². The summed E-state index contributed by atoms with van der Waals surface area (Å²) in [5, 5.41) is 23.6. The summed E-state index contributed by atoms with van der Waals surface area (Å²) in [6.45, 7) is 7.98. The summed E-state index contributed by atoms with van der Waals surface area (Å²) in [5.41, 5.74) is 6.80. The predicted molar refractivity (Wildman–Crippen MR) is 145 cm³/mol. The largest absolute Gasteiger partial charge is 0.496 e. The van der Waals surface area contributed by atoms with Gasteiger partial charge >= 0.3 is 5.97 Å². The molecule has 0 bridgehead atoms. The number of ether oxygens (including phenoxy) is 1. The van der Waals surface area contributed by atoms with Crippen LogP contribution in [0.4, 0.5) is 5.69 Å². The Morgan fingerprint density at radius 1 is 1.32 bits per heavy atom. The van der Waals surface area contributed by atoms with Gasteiger partial charge in [-0.15, -0.1) is 0 Å². The average molecular weight is 501 g/mol. The lowest BCUT2D eigenvalue weighted by molar-refractivity contribution is 0.0694. The lowest BCUT2D eigenvalue weighted by Gasteiger charge is -2.41. The van der Waals surface area contributed by atoms with E-state index in [1.165, 1.54) is 30.2 Å². The molecule has 37 heavy (non-hydrogen) atoms. The Bertz CT molecular complexity index is 1380. The van der Waals surface area contributed by atoms with Crippen LogP contribution in [0, 0.1) is 23.7 Å². The zero-order chi connectivity index (χ0) is 26.3. The molecule has 1 saturated heterocycles. The van der Waals surface area contributed by atoms with Crippen molar-refractivity contribution in [1.82, 2.24) is 9.88 Å². The molecule has 1 aliphatic heterocycles. The van der Waals surface area contributed by atoms with Gasteiger partial charge in [-0.25, -0.2) is 4.79 Å². The highest BCUT2D eigenvalue weighted by Crippen LogP contribution is 2.59.